The monoisotopic (exact) mass is 206 g/mol. The molecule has 0 aliphatic carbocycles. The average molecular weight is 206 g/mol. The van der Waals surface area contributed by atoms with Crippen LogP contribution in [0.1, 0.15) is 19.4 Å². The Morgan fingerprint density at radius 2 is 2.13 bits per heavy atom. The van der Waals surface area contributed by atoms with Gasteiger partial charge in [-0.2, -0.15) is 0 Å². The van der Waals surface area contributed by atoms with Crippen LogP contribution in [0.5, 0.6) is 0 Å². The first-order chi connectivity index (χ1) is 7.18. The molecule has 4 nitrogen and oxygen atoms in total. The zero-order valence-electron chi connectivity index (χ0n) is 9.27. The van der Waals surface area contributed by atoms with Crippen molar-refractivity contribution in [3.8, 4) is 0 Å². The van der Waals surface area contributed by atoms with Crippen LogP contribution in [0.2, 0.25) is 0 Å². The third-order valence-corrected chi connectivity index (χ3v) is 1.87. The van der Waals surface area contributed by atoms with Gasteiger partial charge in [-0.15, -0.1) is 0 Å². The van der Waals surface area contributed by atoms with E-state index in [1.165, 1.54) is 5.56 Å². The van der Waals surface area contributed by atoms with E-state index >= 15 is 0 Å². The van der Waals surface area contributed by atoms with Gasteiger partial charge in [0.15, 0.2) is 5.96 Å². The molecule has 0 atom stereocenters. The van der Waals surface area contributed by atoms with Crippen LogP contribution in [0.3, 0.4) is 0 Å². The lowest BCUT2D eigenvalue weighted by atomic mass is 10.2. The van der Waals surface area contributed by atoms with Gasteiger partial charge in [-0.05, 0) is 38.0 Å². The van der Waals surface area contributed by atoms with Gasteiger partial charge in [0.05, 0.1) is 0 Å². The molecule has 0 amide bonds. The summed E-state index contributed by atoms with van der Waals surface area (Å²) in [6.07, 6.45) is 4.46. The van der Waals surface area contributed by atoms with E-state index in [1.54, 1.807) is 12.4 Å². The maximum absolute atomic E-state index is 5.67. The zero-order valence-corrected chi connectivity index (χ0v) is 9.27. The SMILES string of the molecule is CC(C)NC(N)=NCCc1ccncc1. The predicted molar refractivity (Wildman–Crippen MR) is 62.7 cm³/mol. The van der Waals surface area contributed by atoms with Gasteiger partial charge in [0.1, 0.15) is 0 Å². The second kappa shape index (κ2) is 6.01. The van der Waals surface area contributed by atoms with E-state index in [0.717, 1.165) is 6.42 Å². The Labute approximate surface area is 90.6 Å². The fourth-order valence-electron chi connectivity index (χ4n) is 1.20. The summed E-state index contributed by atoms with van der Waals surface area (Å²) in [5, 5.41) is 3.04. The summed E-state index contributed by atoms with van der Waals surface area (Å²) >= 11 is 0. The van der Waals surface area contributed by atoms with Crippen molar-refractivity contribution < 1.29 is 0 Å². The number of nitrogens with two attached hydrogens (primary N) is 1. The normalized spacial score (nSPS) is 11.8. The summed E-state index contributed by atoms with van der Waals surface area (Å²) in [4.78, 5) is 8.18. The summed E-state index contributed by atoms with van der Waals surface area (Å²) in [7, 11) is 0. The van der Waals surface area contributed by atoms with Crippen molar-refractivity contribution in [2.75, 3.05) is 6.54 Å². The molecule has 3 N–H and O–H groups in total. The molecule has 0 spiro atoms. The standard InChI is InChI=1S/C11H18N4/c1-9(2)15-11(12)14-8-5-10-3-6-13-7-4-10/h3-4,6-7,9H,5,8H2,1-2H3,(H3,12,14,15). The van der Waals surface area contributed by atoms with E-state index in [2.05, 4.69) is 15.3 Å². The Balaban J connectivity index is 2.32. The van der Waals surface area contributed by atoms with E-state index in [-0.39, 0.29) is 0 Å². The van der Waals surface area contributed by atoms with E-state index in [0.29, 0.717) is 18.5 Å². The molecule has 0 radical (unpaired) electrons. The minimum atomic E-state index is 0.328. The highest BCUT2D eigenvalue weighted by Gasteiger charge is 1.94. The van der Waals surface area contributed by atoms with E-state index in [4.69, 9.17) is 5.73 Å². The molecule has 0 unspecified atom stereocenters. The minimum absolute atomic E-state index is 0.328. The molecular weight excluding hydrogens is 188 g/mol. The molecule has 1 heterocycles. The third-order valence-electron chi connectivity index (χ3n) is 1.87. The first kappa shape index (κ1) is 11.5. The molecule has 0 fully saturated rings. The van der Waals surface area contributed by atoms with Gasteiger partial charge in [-0.3, -0.25) is 9.98 Å². The van der Waals surface area contributed by atoms with Crippen LogP contribution in [-0.4, -0.2) is 23.5 Å². The molecule has 15 heavy (non-hydrogen) atoms. The first-order valence-electron chi connectivity index (χ1n) is 5.14. The van der Waals surface area contributed by atoms with E-state index in [1.807, 2.05) is 26.0 Å². The molecular formula is C11H18N4. The first-order valence-corrected chi connectivity index (χ1v) is 5.14. The average Bonchev–Trinajstić information content (AvgIpc) is 2.18. The molecule has 1 aromatic rings. The van der Waals surface area contributed by atoms with Crippen molar-refractivity contribution in [2.24, 2.45) is 10.7 Å². The number of aromatic nitrogens is 1. The lowest BCUT2D eigenvalue weighted by molar-refractivity contribution is 0.723. The number of guanidine groups is 1. The van der Waals surface area contributed by atoms with Crippen molar-refractivity contribution in [1.82, 2.24) is 10.3 Å². The molecule has 0 saturated heterocycles. The molecule has 0 aliphatic heterocycles. The number of pyridine rings is 1. The fraction of sp³-hybridized carbons (Fsp3) is 0.455. The van der Waals surface area contributed by atoms with Gasteiger partial charge in [-0.25, -0.2) is 0 Å². The third kappa shape index (κ3) is 5.00. The van der Waals surface area contributed by atoms with Crippen molar-refractivity contribution in [1.29, 1.82) is 0 Å². The molecule has 4 heteroatoms. The van der Waals surface area contributed by atoms with Gasteiger partial charge in [-0.1, -0.05) is 0 Å². The highest BCUT2D eigenvalue weighted by atomic mass is 15.1. The number of hydrogen-bond acceptors (Lipinski definition) is 2. The Kier molecular flexibility index (Phi) is 4.60. The Hall–Kier alpha value is -1.58. The van der Waals surface area contributed by atoms with Crippen LogP contribution in [0.25, 0.3) is 0 Å². The summed E-state index contributed by atoms with van der Waals surface area (Å²) in [6, 6.07) is 4.30. The second-order valence-electron chi connectivity index (χ2n) is 3.67. The van der Waals surface area contributed by atoms with Crippen molar-refractivity contribution in [2.45, 2.75) is 26.3 Å². The molecule has 1 aromatic heterocycles. The smallest absolute Gasteiger partial charge is 0.188 e. The topological polar surface area (TPSA) is 63.3 Å². The summed E-state index contributed by atoms with van der Waals surface area (Å²) in [5.74, 6) is 0.513. The number of nitrogens with one attached hydrogen (secondary N) is 1. The lowest BCUT2D eigenvalue weighted by Gasteiger charge is -2.08. The number of rotatable bonds is 4. The van der Waals surface area contributed by atoms with Gasteiger partial charge >= 0.3 is 0 Å². The van der Waals surface area contributed by atoms with Crippen LogP contribution >= 0.6 is 0 Å². The molecule has 0 bridgehead atoms. The van der Waals surface area contributed by atoms with Crippen molar-refractivity contribution in [3.63, 3.8) is 0 Å². The van der Waals surface area contributed by atoms with Crippen LogP contribution in [-0.2, 0) is 6.42 Å². The van der Waals surface area contributed by atoms with Crippen LogP contribution < -0.4 is 11.1 Å². The van der Waals surface area contributed by atoms with Crippen LogP contribution in [0.15, 0.2) is 29.5 Å². The number of aliphatic imine (C=N–C) groups is 1. The molecule has 1 rings (SSSR count). The van der Waals surface area contributed by atoms with Crippen LogP contribution in [0, 0.1) is 0 Å². The largest absolute Gasteiger partial charge is 0.370 e. The Bertz CT molecular complexity index is 306. The number of hydrogen-bond donors (Lipinski definition) is 2. The van der Waals surface area contributed by atoms with E-state index in [9.17, 15) is 0 Å². The lowest BCUT2D eigenvalue weighted by Crippen LogP contribution is -2.36. The van der Waals surface area contributed by atoms with Gasteiger partial charge in [0, 0.05) is 25.0 Å². The predicted octanol–water partition coefficient (Wildman–Crippen LogP) is 0.937. The maximum atomic E-state index is 5.67. The quantitative estimate of drug-likeness (QED) is 0.569. The van der Waals surface area contributed by atoms with Crippen LogP contribution in [0.4, 0.5) is 0 Å². The van der Waals surface area contributed by atoms with Gasteiger partial charge < -0.3 is 11.1 Å². The molecule has 0 aromatic carbocycles. The molecule has 0 saturated carbocycles. The van der Waals surface area contributed by atoms with Crippen molar-refractivity contribution >= 4 is 5.96 Å². The fourth-order valence-corrected chi connectivity index (χ4v) is 1.20. The Morgan fingerprint density at radius 1 is 1.47 bits per heavy atom. The van der Waals surface area contributed by atoms with Gasteiger partial charge in [0.25, 0.3) is 0 Å². The Morgan fingerprint density at radius 3 is 2.73 bits per heavy atom. The molecule has 82 valence electrons. The highest BCUT2D eigenvalue weighted by molar-refractivity contribution is 5.78. The molecule has 0 aliphatic rings. The summed E-state index contributed by atoms with van der Waals surface area (Å²) < 4.78 is 0. The minimum Gasteiger partial charge on any atom is -0.370 e. The van der Waals surface area contributed by atoms with E-state index < -0.39 is 0 Å². The maximum Gasteiger partial charge on any atom is 0.188 e. The zero-order chi connectivity index (χ0) is 11.1. The summed E-state index contributed by atoms with van der Waals surface area (Å²) in [5.41, 5.74) is 6.89. The number of nitrogens with zero attached hydrogens (tertiary/aromatic N) is 2. The van der Waals surface area contributed by atoms with Gasteiger partial charge in [0.2, 0.25) is 0 Å². The summed E-state index contributed by atoms with van der Waals surface area (Å²) in [6.45, 7) is 4.77. The van der Waals surface area contributed by atoms with Crippen molar-refractivity contribution in [3.05, 3.63) is 30.1 Å². The second-order valence-corrected chi connectivity index (χ2v) is 3.67. The highest BCUT2D eigenvalue weighted by Crippen LogP contribution is 1.97.